The van der Waals surface area contributed by atoms with Gasteiger partial charge in [0, 0.05) is 12.0 Å². The van der Waals surface area contributed by atoms with Crippen LogP contribution in [0.25, 0.3) is 0 Å². The van der Waals surface area contributed by atoms with Gasteiger partial charge in [0.1, 0.15) is 0 Å². The molecule has 1 aromatic rings. The summed E-state index contributed by atoms with van der Waals surface area (Å²) < 4.78 is 0. The number of nitrogens with two attached hydrogens (primary N) is 1. The molecule has 0 bridgehead atoms. The van der Waals surface area contributed by atoms with E-state index < -0.39 is 0 Å². The van der Waals surface area contributed by atoms with Gasteiger partial charge in [-0.3, -0.25) is 4.79 Å². The normalized spacial score (nSPS) is 18.0. The lowest BCUT2D eigenvalue weighted by atomic mass is 9.86. The van der Waals surface area contributed by atoms with E-state index in [1.165, 1.54) is 0 Å². The number of carbonyl (C=O) groups is 1. The number of ketones is 1. The highest BCUT2D eigenvalue weighted by Gasteiger charge is 2.38. The molecule has 2 rings (SSSR count). The van der Waals surface area contributed by atoms with E-state index >= 15 is 0 Å². The van der Waals surface area contributed by atoms with Gasteiger partial charge < -0.3 is 5.73 Å². The van der Waals surface area contributed by atoms with Crippen molar-refractivity contribution in [3.05, 3.63) is 27.2 Å². The van der Waals surface area contributed by atoms with Gasteiger partial charge in [-0.1, -0.05) is 37.0 Å². The van der Waals surface area contributed by atoms with Crippen LogP contribution in [0.4, 0.5) is 5.69 Å². The van der Waals surface area contributed by atoms with Crippen LogP contribution in [0.2, 0.25) is 10.0 Å². The Balaban J connectivity index is 2.81. The number of nitrogen functional groups attached to an aromatic ring is 1. The Kier molecular flexibility index (Phi) is 2.25. The van der Waals surface area contributed by atoms with Gasteiger partial charge in [-0.15, -0.1) is 0 Å². The molecule has 0 heterocycles. The summed E-state index contributed by atoms with van der Waals surface area (Å²) in [5.41, 5.74) is 7.30. The van der Waals surface area contributed by atoms with Crippen molar-refractivity contribution in [2.45, 2.75) is 25.7 Å². The minimum Gasteiger partial charge on any atom is -0.396 e. The summed E-state index contributed by atoms with van der Waals surface area (Å²) in [5.74, 6) is 0.0822. The zero-order valence-electron chi connectivity index (χ0n) is 8.53. The van der Waals surface area contributed by atoms with Crippen molar-refractivity contribution in [1.82, 2.24) is 0 Å². The van der Waals surface area contributed by atoms with E-state index in [9.17, 15) is 4.79 Å². The van der Waals surface area contributed by atoms with Gasteiger partial charge in [-0.25, -0.2) is 0 Å². The first-order valence-electron chi connectivity index (χ1n) is 4.66. The van der Waals surface area contributed by atoms with Gasteiger partial charge in [-0.2, -0.15) is 0 Å². The highest BCUT2D eigenvalue weighted by Crippen LogP contribution is 2.46. The van der Waals surface area contributed by atoms with Crippen LogP contribution in [-0.4, -0.2) is 5.78 Å². The number of anilines is 1. The highest BCUT2D eigenvalue weighted by atomic mass is 35.5. The lowest BCUT2D eigenvalue weighted by Crippen LogP contribution is -2.13. The summed E-state index contributed by atoms with van der Waals surface area (Å²) in [6.07, 6.45) is 0.460. The Morgan fingerprint density at radius 3 is 2.60 bits per heavy atom. The van der Waals surface area contributed by atoms with E-state index in [2.05, 4.69) is 0 Å². The fraction of sp³-hybridized carbons (Fsp3) is 0.364. The Bertz CT molecular complexity index is 466. The van der Waals surface area contributed by atoms with Crippen LogP contribution in [0, 0.1) is 0 Å². The van der Waals surface area contributed by atoms with Crippen molar-refractivity contribution in [3.63, 3.8) is 0 Å². The smallest absolute Gasteiger partial charge is 0.164 e. The van der Waals surface area contributed by atoms with E-state index in [0.717, 1.165) is 5.56 Å². The second-order valence-electron chi connectivity index (χ2n) is 4.49. The maximum Gasteiger partial charge on any atom is 0.164 e. The van der Waals surface area contributed by atoms with Crippen LogP contribution in [0.1, 0.15) is 36.2 Å². The van der Waals surface area contributed by atoms with Crippen LogP contribution in [0.3, 0.4) is 0 Å². The first kappa shape index (κ1) is 10.8. The summed E-state index contributed by atoms with van der Waals surface area (Å²) in [6, 6.07) is 1.62. The van der Waals surface area contributed by atoms with Gasteiger partial charge in [0.25, 0.3) is 0 Å². The summed E-state index contributed by atoms with van der Waals surface area (Å²) in [5, 5.41) is 0.776. The van der Waals surface area contributed by atoms with Gasteiger partial charge in [0.2, 0.25) is 0 Å². The number of halogens is 2. The van der Waals surface area contributed by atoms with E-state index in [-0.39, 0.29) is 11.2 Å². The Morgan fingerprint density at radius 1 is 1.40 bits per heavy atom. The molecule has 1 aromatic carbocycles. The van der Waals surface area contributed by atoms with Gasteiger partial charge in [0.05, 0.1) is 15.7 Å². The predicted octanol–water partition coefficient (Wildman–Crippen LogP) is 3.44. The summed E-state index contributed by atoms with van der Waals surface area (Å²) in [4.78, 5) is 11.7. The molecule has 0 spiro atoms. The molecule has 0 fully saturated rings. The number of hydrogen-bond donors (Lipinski definition) is 1. The van der Waals surface area contributed by atoms with Gasteiger partial charge in [-0.05, 0) is 17.0 Å². The highest BCUT2D eigenvalue weighted by molar-refractivity contribution is 6.40. The van der Waals surface area contributed by atoms with E-state index in [1.54, 1.807) is 6.07 Å². The number of benzene rings is 1. The van der Waals surface area contributed by atoms with Crippen molar-refractivity contribution < 1.29 is 4.79 Å². The third-order valence-corrected chi connectivity index (χ3v) is 3.54. The largest absolute Gasteiger partial charge is 0.396 e. The van der Waals surface area contributed by atoms with Crippen LogP contribution < -0.4 is 5.73 Å². The van der Waals surface area contributed by atoms with Crippen molar-refractivity contribution in [1.29, 1.82) is 0 Å². The molecule has 0 aliphatic heterocycles. The minimum atomic E-state index is -0.248. The van der Waals surface area contributed by atoms with Crippen molar-refractivity contribution in [3.8, 4) is 0 Å². The molecule has 1 aliphatic rings. The lowest BCUT2D eigenvalue weighted by Gasteiger charge is -2.20. The maximum atomic E-state index is 11.7. The summed E-state index contributed by atoms with van der Waals surface area (Å²) >= 11 is 12.0. The summed E-state index contributed by atoms with van der Waals surface area (Å²) in [6.45, 7) is 3.96. The maximum absolute atomic E-state index is 11.7. The van der Waals surface area contributed by atoms with E-state index in [4.69, 9.17) is 28.9 Å². The first-order chi connectivity index (χ1) is 6.84. The third kappa shape index (κ3) is 1.44. The molecule has 2 nitrogen and oxygen atoms in total. The molecule has 0 amide bonds. The number of carbonyl (C=O) groups excluding carboxylic acids is 1. The lowest BCUT2D eigenvalue weighted by molar-refractivity contribution is 0.0979. The quantitative estimate of drug-likeness (QED) is 0.710. The molecule has 0 radical (unpaired) electrons. The van der Waals surface area contributed by atoms with Crippen LogP contribution in [0.5, 0.6) is 0 Å². The van der Waals surface area contributed by atoms with Crippen LogP contribution in [0.15, 0.2) is 6.07 Å². The van der Waals surface area contributed by atoms with E-state index in [1.807, 2.05) is 13.8 Å². The monoisotopic (exact) mass is 243 g/mol. The first-order valence-corrected chi connectivity index (χ1v) is 5.41. The van der Waals surface area contributed by atoms with Gasteiger partial charge >= 0.3 is 0 Å². The topological polar surface area (TPSA) is 43.1 Å². The van der Waals surface area contributed by atoms with Crippen molar-refractivity contribution >= 4 is 34.7 Å². The number of rotatable bonds is 0. The van der Waals surface area contributed by atoms with Crippen molar-refractivity contribution in [2.24, 2.45) is 0 Å². The Labute approximate surface area is 98.4 Å². The minimum absolute atomic E-state index is 0.0822. The standard InChI is InChI=1S/C11H11Cl2NO/c1-11(2)4-7(15)5-3-6(12)10(14)9(13)8(5)11/h3H,4,14H2,1-2H3. The number of fused-ring (bicyclic) bond motifs is 1. The zero-order valence-corrected chi connectivity index (χ0v) is 10.0. The van der Waals surface area contributed by atoms with Crippen LogP contribution in [-0.2, 0) is 5.41 Å². The predicted molar refractivity (Wildman–Crippen MR) is 62.8 cm³/mol. The fourth-order valence-corrected chi connectivity index (χ4v) is 2.81. The molecule has 0 saturated carbocycles. The molecule has 80 valence electrons. The molecule has 0 unspecified atom stereocenters. The zero-order chi connectivity index (χ0) is 11.4. The van der Waals surface area contributed by atoms with Crippen LogP contribution >= 0.6 is 23.2 Å². The Morgan fingerprint density at radius 2 is 2.00 bits per heavy atom. The molecule has 0 atom stereocenters. The molecule has 2 N–H and O–H groups in total. The Hall–Kier alpha value is -0.730. The SMILES string of the molecule is CC1(C)CC(=O)c2cc(Cl)c(N)c(Cl)c21. The molecule has 4 heteroatoms. The molecular formula is C11H11Cl2NO. The molecule has 0 aromatic heterocycles. The second-order valence-corrected chi connectivity index (χ2v) is 5.28. The van der Waals surface area contributed by atoms with Crippen molar-refractivity contribution in [2.75, 3.05) is 5.73 Å². The van der Waals surface area contributed by atoms with E-state index in [0.29, 0.717) is 27.7 Å². The molecule has 1 aliphatic carbocycles. The number of Topliss-reactive ketones (excluding diaryl/α,β-unsaturated/α-hetero) is 1. The third-order valence-electron chi connectivity index (χ3n) is 2.83. The summed E-state index contributed by atoms with van der Waals surface area (Å²) in [7, 11) is 0. The van der Waals surface area contributed by atoms with Gasteiger partial charge in [0.15, 0.2) is 5.78 Å². The molecule has 15 heavy (non-hydrogen) atoms. The molecule has 0 saturated heterocycles. The average molecular weight is 244 g/mol. The molecular weight excluding hydrogens is 233 g/mol. The fourth-order valence-electron chi connectivity index (χ4n) is 2.10. The number of hydrogen-bond acceptors (Lipinski definition) is 2. The second kappa shape index (κ2) is 3.13. The average Bonchev–Trinajstić information content (AvgIpc) is 2.33.